The summed E-state index contributed by atoms with van der Waals surface area (Å²) in [5.41, 5.74) is 1.06. The minimum Gasteiger partial charge on any atom is -0.351 e. The maximum absolute atomic E-state index is 11.9. The molecule has 19 heavy (non-hydrogen) atoms. The molecule has 1 aliphatic rings. The first-order chi connectivity index (χ1) is 9.15. The summed E-state index contributed by atoms with van der Waals surface area (Å²) in [5, 5.41) is 6.97. The highest BCUT2D eigenvalue weighted by Gasteiger charge is 2.19. The van der Waals surface area contributed by atoms with Gasteiger partial charge in [-0.05, 0) is 24.6 Å². The lowest BCUT2D eigenvalue weighted by Crippen LogP contribution is -2.52. The van der Waals surface area contributed by atoms with Crippen molar-refractivity contribution in [1.82, 2.24) is 15.5 Å². The van der Waals surface area contributed by atoms with E-state index in [1.165, 1.54) is 0 Å². The minimum absolute atomic E-state index is 0.0729. The van der Waals surface area contributed by atoms with Gasteiger partial charge in [-0.2, -0.15) is 0 Å². The van der Waals surface area contributed by atoms with E-state index in [0.717, 1.165) is 25.2 Å². The Morgan fingerprint density at radius 2 is 2.21 bits per heavy atom. The van der Waals surface area contributed by atoms with E-state index in [-0.39, 0.29) is 5.91 Å². The zero-order valence-corrected chi connectivity index (χ0v) is 11.9. The Bertz CT molecular complexity index is 421. The number of nitrogens with one attached hydrogen (secondary N) is 2. The van der Waals surface area contributed by atoms with Crippen molar-refractivity contribution in [2.75, 3.05) is 26.2 Å². The van der Waals surface area contributed by atoms with E-state index < -0.39 is 0 Å². The molecular weight excluding hydrogens is 262 g/mol. The minimum atomic E-state index is 0.0729. The van der Waals surface area contributed by atoms with E-state index in [1.54, 1.807) is 0 Å². The number of hydrogen-bond donors (Lipinski definition) is 2. The van der Waals surface area contributed by atoms with Gasteiger partial charge in [-0.3, -0.25) is 9.69 Å². The molecule has 1 aliphatic heterocycles. The molecule has 5 heteroatoms. The number of carbonyl (C=O) groups is 1. The molecule has 0 aliphatic carbocycles. The lowest BCUT2D eigenvalue weighted by atomic mass is 10.2. The van der Waals surface area contributed by atoms with E-state index in [0.29, 0.717) is 24.2 Å². The van der Waals surface area contributed by atoms with Crippen molar-refractivity contribution in [3.05, 3.63) is 34.9 Å². The molecule has 2 N–H and O–H groups in total. The van der Waals surface area contributed by atoms with Gasteiger partial charge in [0.2, 0.25) is 5.91 Å². The monoisotopic (exact) mass is 281 g/mol. The molecule has 0 aromatic heterocycles. The van der Waals surface area contributed by atoms with Gasteiger partial charge in [-0.25, -0.2) is 0 Å². The SMILES string of the molecule is CC1CNCCN1CC(=O)NCc1ccc(Cl)cc1. The van der Waals surface area contributed by atoms with E-state index in [1.807, 2.05) is 24.3 Å². The van der Waals surface area contributed by atoms with Crippen LogP contribution in [0, 0.1) is 0 Å². The average molecular weight is 282 g/mol. The van der Waals surface area contributed by atoms with E-state index in [4.69, 9.17) is 11.6 Å². The number of carbonyl (C=O) groups excluding carboxylic acids is 1. The topological polar surface area (TPSA) is 44.4 Å². The largest absolute Gasteiger partial charge is 0.351 e. The Morgan fingerprint density at radius 3 is 2.89 bits per heavy atom. The van der Waals surface area contributed by atoms with Gasteiger partial charge in [-0.15, -0.1) is 0 Å². The van der Waals surface area contributed by atoms with Crippen LogP contribution in [0.1, 0.15) is 12.5 Å². The summed E-state index contributed by atoms with van der Waals surface area (Å²) in [6, 6.07) is 7.93. The Kier molecular flexibility index (Phi) is 5.19. The summed E-state index contributed by atoms with van der Waals surface area (Å²) >= 11 is 5.82. The highest BCUT2D eigenvalue weighted by Crippen LogP contribution is 2.09. The molecule has 2 rings (SSSR count). The Hall–Kier alpha value is -1.10. The van der Waals surface area contributed by atoms with Gasteiger partial charge in [0, 0.05) is 37.2 Å². The number of halogens is 1. The average Bonchev–Trinajstić information content (AvgIpc) is 2.41. The smallest absolute Gasteiger partial charge is 0.234 e. The molecule has 1 unspecified atom stereocenters. The third kappa shape index (κ3) is 4.49. The quantitative estimate of drug-likeness (QED) is 0.873. The van der Waals surface area contributed by atoms with Gasteiger partial charge < -0.3 is 10.6 Å². The molecule has 0 saturated carbocycles. The van der Waals surface area contributed by atoms with Crippen LogP contribution in [-0.2, 0) is 11.3 Å². The molecule has 1 atom stereocenters. The van der Waals surface area contributed by atoms with Crippen molar-refractivity contribution < 1.29 is 4.79 Å². The molecule has 1 fully saturated rings. The second kappa shape index (κ2) is 6.89. The number of rotatable bonds is 4. The van der Waals surface area contributed by atoms with E-state index in [2.05, 4.69) is 22.5 Å². The number of benzene rings is 1. The Labute approximate surface area is 119 Å². The van der Waals surface area contributed by atoms with Crippen LogP contribution in [0.15, 0.2) is 24.3 Å². The summed E-state index contributed by atoms with van der Waals surface area (Å²) in [7, 11) is 0. The molecule has 1 heterocycles. The maximum Gasteiger partial charge on any atom is 0.234 e. The zero-order chi connectivity index (χ0) is 13.7. The lowest BCUT2D eigenvalue weighted by Gasteiger charge is -2.33. The van der Waals surface area contributed by atoms with Gasteiger partial charge in [0.05, 0.1) is 6.54 Å². The van der Waals surface area contributed by atoms with Crippen molar-refractivity contribution in [3.63, 3.8) is 0 Å². The first-order valence-corrected chi connectivity index (χ1v) is 6.99. The molecule has 104 valence electrons. The lowest BCUT2D eigenvalue weighted by molar-refractivity contribution is -0.123. The molecule has 1 amide bonds. The van der Waals surface area contributed by atoms with Crippen LogP contribution < -0.4 is 10.6 Å². The number of amides is 1. The second-order valence-corrected chi connectivity index (χ2v) is 5.36. The molecule has 0 bridgehead atoms. The van der Waals surface area contributed by atoms with Crippen LogP contribution in [-0.4, -0.2) is 43.0 Å². The normalized spacial score (nSPS) is 20.2. The predicted molar refractivity (Wildman–Crippen MR) is 77.2 cm³/mol. The van der Waals surface area contributed by atoms with Crippen molar-refractivity contribution in [2.45, 2.75) is 19.5 Å². The van der Waals surface area contributed by atoms with E-state index >= 15 is 0 Å². The van der Waals surface area contributed by atoms with Crippen LogP contribution in [0.4, 0.5) is 0 Å². The van der Waals surface area contributed by atoms with Gasteiger partial charge >= 0.3 is 0 Å². The first kappa shape index (κ1) is 14.3. The van der Waals surface area contributed by atoms with Crippen LogP contribution in [0.5, 0.6) is 0 Å². The van der Waals surface area contributed by atoms with Crippen LogP contribution >= 0.6 is 11.6 Å². The molecule has 4 nitrogen and oxygen atoms in total. The Balaban J connectivity index is 1.76. The van der Waals surface area contributed by atoms with E-state index in [9.17, 15) is 4.79 Å². The van der Waals surface area contributed by atoms with Crippen LogP contribution in [0.2, 0.25) is 5.02 Å². The third-order valence-electron chi connectivity index (χ3n) is 3.39. The van der Waals surface area contributed by atoms with Crippen molar-refractivity contribution in [1.29, 1.82) is 0 Å². The molecular formula is C14H20ClN3O. The highest BCUT2D eigenvalue weighted by atomic mass is 35.5. The van der Waals surface area contributed by atoms with Gasteiger partial charge in [0.1, 0.15) is 0 Å². The second-order valence-electron chi connectivity index (χ2n) is 4.93. The maximum atomic E-state index is 11.9. The molecule has 1 aromatic carbocycles. The summed E-state index contributed by atoms with van der Waals surface area (Å²) in [5.74, 6) is 0.0729. The Morgan fingerprint density at radius 1 is 1.47 bits per heavy atom. The number of hydrogen-bond acceptors (Lipinski definition) is 3. The summed E-state index contributed by atoms with van der Waals surface area (Å²) in [6.45, 7) is 5.99. The van der Waals surface area contributed by atoms with Crippen molar-refractivity contribution >= 4 is 17.5 Å². The first-order valence-electron chi connectivity index (χ1n) is 6.61. The fourth-order valence-electron chi connectivity index (χ4n) is 2.16. The highest BCUT2D eigenvalue weighted by molar-refractivity contribution is 6.30. The fourth-order valence-corrected chi connectivity index (χ4v) is 2.29. The van der Waals surface area contributed by atoms with Gasteiger partial charge in [-0.1, -0.05) is 23.7 Å². The van der Waals surface area contributed by atoms with Gasteiger partial charge in [0.25, 0.3) is 0 Å². The van der Waals surface area contributed by atoms with Crippen LogP contribution in [0.25, 0.3) is 0 Å². The third-order valence-corrected chi connectivity index (χ3v) is 3.64. The fraction of sp³-hybridized carbons (Fsp3) is 0.500. The number of nitrogens with zero attached hydrogens (tertiary/aromatic N) is 1. The van der Waals surface area contributed by atoms with Gasteiger partial charge in [0.15, 0.2) is 0 Å². The summed E-state index contributed by atoms with van der Waals surface area (Å²) in [4.78, 5) is 14.1. The molecule has 1 saturated heterocycles. The molecule has 0 spiro atoms. The zero-order valence-electron chi connectivity index (χ0n) is 11.2. The predicted octanol–water partition coefficient (Wildman–Crippen LogP) is 1.25. The molecule has 1 aromatic rings. The standard InChI is InChI=1S/C14H20ClN3O/c1-11-8-16-6-7-18(11)10-14(19)17-9-12-2-4-13(15)5-3-12/h2-5,11,16H,6-10H2,1H3,(H,17,19). The van der Waals surface area contributed by atoms with Crippen molar-refractivity contribution in [2.24, 2.45) is 0 Å². The summed E-state index contributed by atoms with van der Waals surface area (Å²) in [6.07, 6.45) is 0. The summed E-state index contributed by atoms with van der Waals surface area (Å²) < 4.78 is 0. The number of piperazine rings is 1. The molecule has 0 radical (unpaired) electrons. The van der Waals surface area contributed by atoms with Crippen LogP contribution in [0.3, 0.4) is 0 Å². The van der Waals surface area contributed by atoms with Crippen molar-refractivity contribution in [3.8, 4) is 0 Å².